The fourth-order valence-electron chi connectivity index (χ4n) is 4.98. The number of anilines is 1. The van der Waals surface area contributed by atoms with Crippen molar-refractivity contribution in [1.82, 2.24) is 24.4 Å². The molecule has 1 saturated heterocycles. The Hall–Kier alpha value is -4.27. The lowest BCUT2D eigenvalue weighted by atomic mass is 9.93. The van der Waals surface area contributed by atoms with Crippen molar-refractivity contribution in [2.75, 3.05) is 25.5 Å². The molecule has 3 heterocycles. The van der Waals surface area contributed by atoms with Crippen LogP contribution in [-0.4, -0.2) is 56.9 Å². The fraction of sp³-hybridized carbons (Fsp3) is 0.321. The summed E-state index contributed by atoms with van der Waals surface area (Å²) in [6.45, 7) is 1.24. The van der Waals surface area contributed by atoms with E-state index in [0.717, 1.165) is 47.1 Å². The number of nitrogens with zero attached hydrogens (tertiary/aromatic N) is 6. The molecule has 0 aliphatic carbocycles. The largest absolute Gasteiger partial charge is 0.366 e. The number of primary amides is 1. The minimum atomic E-state index is -0.490. The molecule has 1 fully saturated rings. The number of hydrogen-bond donors (Lipinski definition) is 1. The zero-order valence-electron chi connectivity index (χ0n) is 21.2. The number of hydrogen-bond acceptors (Lipinski definition) is 6. The van der Waals surface area contributed by atoms with Crippen molar-refractivity contribution in [1.29, 1.82) is 0 Å². The third kappa shape index (κ3) is 5.02. The first kappa shape index (κ1) is 24.4. The molecule has 2 amide bonds. The second-order valence-corrected chi connectivity index (χ2v) is 9.58. The summed E-state index contributed by atoms with van der Waals surface area (Å²) >= 11 is 0. The van der Waals surface area contributed by atoms with E-state index in [9.17, 15) is 9.59 Å². The summed E-state index contributed by atoms with van der Waals surface area (Å²) in [5.74, 6) is 0.174. The number of likely N-dealkylation sites (tertiary alicyclic amines) is 1. The lowest BCUT2D eigenvalue weighted by Gasteiger charge is -2.36. The van der Waals surface area contributed by atoms with E-state index >= 15 is 0 Å². The van der Waals surface area contributed by atoms with Gasteiger partial charge in [-0.15, -0.1) is 0 Å². The molecule has 0 spiro atoms. The second kappa shape index (κ2) is 10.4. The zero-order valence-corrected chi connectivity index (χ0v) is 21.2. The van der Waals surface area contributed by atoms with Crippen LogP contribution < -0.4 is 10.6 Å². The summed E-state index contributed by atoms with van der Waals surface area (Å²) in [5.41, 5.74) is 10.3. The normalized spacial score (nSPS) is 15.6. The zero-order chi connectivity index (χ0) is 25.9. The maximum atomic E-state index is 13.6. The standard InChI is InChI=1S/C28H31N7O2/c1-33(2)28-30-17-21(19-8-7-9-20(16-19)27(29)37)26(32-28)24-12-5-6-14-35(24)25(36)13-15-34-18-31-22-10-3-4-11-23(22)34/h3-4,7-11,16-18,24H,5-6,12-15H2,1-2H3,(H2,29,37). The molecule has 1 unspecified atom stereocenters. The van der Waals surface area contributed by atoms with Gasteiger partial charge in [-0.2, -0.15) is 0 Å². The molecule has 0 saturated carbocycles. The van der Waals surface area contributed by atoms with E-state index < -0.39 is 5.91 Å². The molecule has 9 heteroatoms. The summed E-state index contributed by atoms with van der Waals surface area (Å²) in [6.07, 6.45) is 6.72. The molecule has 9 nitrogen and oxygen atoms in total. The minimum absolute atomic E-state index is 0.0873. The predicted molar refractivity (Wildman–Crippen MR) is 143 cm³/mol. The topological polar surface area (TPSA) is 110 Å². The Morgan fingerprint density at radius 3 is 2.73 bits per heavy atom. The first-order valence-electron chi connectivity index (χ1n) is 12.6. The molecule has 1 aliphatic rings. The van der Waals surface area contributed by atoms with Gasteiger partial charge in [0.1, 0.15) is 0 Å². The van der Waals surface area contributed by atoms with E-state index in [0.29, 0.717) is 31.0 Å². The van der Waals surface area contributed by atoms with E-state index in [-0.39, 0.29) is 11.9 Å². The van der Waals surface area contributed by atoms with Crippen LogP contribution in [0.1, 0.15) is 47.8 Å². The summed E-state index contributed by atoms with van der Waals surface area (Å²) < 4.78 is 2.03. The van der Waals surface area contributed by atoms with Gasteiger partial charge in [-0.05, 0) is 49.1 Å². The average molecular weight is 498 g/mol. The van der Waals surface area contributed by atoms with Gasteiger partial charge >= 0.3 is 0 Å². The fourth-order valence-corrected chi connectivity index (χ4v) is 4.98. The Morgan fingerprint density at radius 2 is 1.92 bits per heavy atom. The van der Waals surface area contributed by atoms with Crippen LogP contribution in [0.2, 0.25) is 0 Å². The van der Waals surface area contributed by atoms with Crippen molar-refractivity contribution in [3.63, 3.8) is 0 Å². The van der Waals surface area contributed by atoms with Crippen LogP contribution >= 0.6 is 0 Å². The molecule has 5 rings (SSSR count). The minimum Gasteiger partial charge on any atom is -0.366 e. The average Bonchev–Trinajstić information content (AvgIpc) is 3.34. The molecule has 0 bridgehead atoms. The summed E-state index contributed by atoms with van der Waals surface area (Å²) in [4.78, 5) is 43.2. The maximum absolute atomic E-state index is 13.6. The van der Waals surface area contributed by atoms with Crippen molar-refractivity contribution in [2.24, 2.45) is 5.73 Å². The van der Waals surface area contributed by atoms with E-state index in [4.69, 9.17) is 10.7 Å². The van der Waals surface area contributed by atoms with Gasteiger partial charge in [-0.1, -0.05) is 24.3 Å². The Kier molecular flexibility index (Phi) is 6.85. The molecule has 37 heavy (non-hydrogen) atoms. The van der Waals surface area contributed by atoms with Gasteiger partial charge < -0.3 is 20.1 Å². The van der Waals surface area contributed by atoms with Crippen molar-refractivity contribution in [3.8, 4) is 11.1 Å². The molecule has 0 radical (unpaired) electrons. The number of carbonyl (C=O) groups excluding carboxylic acids is 2. The van der Waals surface area contributed by atoms with E-state index in [1.54, 1.807) is 30.7 Å². The molecule has 4 aromatic rings. The number of aromatic nitrogens is 4. The van der Waals surface area contributed by atoms with Gasteiger partial charge in [-0.3, -0.25) is 9.59 Å². The van der Waals surface area contributed by atoms with Crippen molar-refractivity contribution in [2.45, 2.75) is 38.3 Å². The van der Waals surface area contributed by atoms with Gasteiger partial charge in [0.15, 0.2) is 0 Å². The Morgan fingerprint density at radius 1 is 1.08 bits per heavy atom. The third-order valence-electron chi connectivity index (χ3n) is 6.90. The number of rotatable bonds is 7. The lowest BCUT2D eigenvalue weighted by molar-refractivity contribution is -0.135. The smallest absolute Gasteiger partial charge is 0.248 e. The number of imidazole rings is 1. The molecule has 190 valence electrons. The van der Waals surface area contributed by atoms with Crippen molar-refractivity contribution >= 4 is 28.8 Å². The summed E-state index contributed by atoms with van der Waals surface area (Å²) in [7, 11) is 3.79. The number of nitrogens with two attached hydrogens (primary N) is 1. The van der Waals surface area contributed by atoms with Crippen LogP contribution in [-0.2, 0) is 11.3 Å². The number of benzene rings is 2. The van der Waals surface area contributed by atoms with Crippen LogP contribution in [0.15, 0.2) is 61.1 Å². The van der Waals surface area contributed by atoms with Gasteiger partial charge in [0.2, 0.25) is 17.8 Å². The Bertz CT molecular complexity index is 1450. The molecular formula is C28H31N7O2. The summed E-state index contributed by atoms with van der Waals surface area (Å²) in [5, 5.41) is 0. The first-order chi connectivity index (χ1) is 17.9. The highest BCUT2D eigenvalue weighted by molar-refractivity contribution is 5.94. The van der Waals surface area contributed by atoms with E-state index in [1.807, 2.05) is 58.8 Å². The van der Waals surface area contributed by atoms with Crippen molar-refractivity contribution in [3.05, 3.63) is 72.3 Å². The molecular weight excluding hydrogens is 466 g/mol. The number of amides is 2. The monoisotopic (exact) mass is 497 g/mol. The number of para-hydroxylation sites is 2. The third-order valence-corrected chi connectivity index (χ3v) is 6.90. The van der Waals surface area contributed by atoms with E-state index in [2.05, 4.69) is 9.97 Å². The lowest BCUT2D eigenvalue weighted by Crippen LogP contribution is -2.39. The molecule has 1 atom stereocenters. The number of piperidine rings is 1. The van der Waals surface area contributed by atoms with Crippen LogP contribution in [0.5, 0.6) is 0 Å². The van der Waals surface area contributed by atoms with Crippen LogP contribution in [0, 0.1) is 0 Å². The summed E-state index contributed by atoms with van der Waals surface area (Å²) in [6, 6.07) is 14.9. The van der Waals surface area contributed by atoms with Crippen molar-refractivity contribution < 1.29 is 9.59 Å². The molecule has 2 aromatic heterocycles. The van der Waals surface area contributed by atoms with Gasteiger partial charge in [0, 0.05) is 50.9 Å². The highest BCUT2D eigenvalue weighted by Crippen LogP contribution is 2.37. The highest BCUT2D eigenvalue weighted by atomic mass is 16.2. The van der Waals surface area contributed by atoms with E-state index in [1.165, 1.54) is 0 Å². The number of fused-ring (bicyclic) bond motifs is 1. The first-order valence-corrected chi connectivity index (χ1v) is 12.6. The van der Waals surface area contributed by atoms with Gasteiger partial charge in [0.25, 0.3) is 0 Å². The van der Waals surface area contributed by atoms with Gasteiger partial charge in [0.05, 0.1) is 29.1 Å². The van der Waals surface area contributed by atoms with Gasteiger partial charge in [-0.25, -0.2) is 15.0 Å². The Labute approximate surface area is 215 Å². The predicted octanol–water partition coefficient (Wildman–Crippen LogP) is 3.80. The number of carbonyl (C=O) groups is 2. The Balaban J connectivity index is 1.47. The molecule has 1 aliphatic heterocycles. The highest BCUT2D eigenvalue weighted by Gasteiger charge is 2.31. The number of aryl methyl sites for hydroxylation is 1. The maximum Gasteiger partial charge on any atom is 0.248 e. The molecule has 2 N–H and O–H groups in total. The molecule has 2 aromatic carbocycles. The second-order valence-electron chi connectivity index (χ2n) is 9.58. The quantitative estimate of drug-likeness (QED) is 0.416. The van der Waals surface area contributed by atoms with Crippen LogP contribution in [0.25, 0.3) is 22.2 Å². The SMILES string of the molecule is CN(C)c1ncc(-c2cccc(C(N)=O)c2)c(C2CCCCN2C(=O)CCn2cnc3ccccc32)n1. The van der Waals surface area contributed by atoms with Crippen LogP contribution in [0.3, 0.4) is 0 Å². The van der Waals surface area contributed by atoms with Crippen LogP contribution in [0.4, 0.5) is 5.95 Å².